The Balaban J connectivity index is 2.49. The summed E-state index contributed by atoms with van der Waals surface area (Å²) >= 11 is 0. The first-order valence-corrected chi connectivity index (χ1v) is 8.79. The maximum absolute atomic E-state index is 11.3. The second-order valence-electron chi connectivity index (χ2n) is 4.99. The monoisotopic (exact) mass is 310 g/mol. The lowest BCUT2D eigenvalue weighted by molar-refractivity contribution is 0.281. The predicted molar refractivity (Wildman–Crippen MR) is 82.0 cm³/mol. The average Bonchev–Trinajstić information content (AvgIpc) is 2.48. The van der Waals surface area contributed by atoms with Crippen molar-refractivity contribution >= 4 is 9.84 Å². The number of ether oxygens (including phenoxy) is 1. The van der Waals surface area contributed by atoms with Gasteiger partial charge in [0.1, 0.15) is 11.3 Å². The number of hydrogen-bond acceptors (Lipinski definition) is 5. The molecule has 0 aromatic heterocycles. The molecule has 0 fully saturated rings. The molecule has 0 bridgehead atoms. The van der Waals surface area contributed by atoms with Crippen LogP contribution >= 0.6 is 0 Å². The number of sulfone groups is 1. The van der Waals surface area contributed by atoms with E-state index in [4.69, 9.17) is 4.74 Å². The zero-order valence-electron chi connectivity index (χ0n) is 12.7. The molecule has 5 nitrogen and oxygen atoms in total. The highest BCUT2D eigenvalue weighted by Crippen LogP contribution is 2.18. The molecule has 0 aliphatic rings. The van der Waals surface area contributed by atoms with Crippen LogP contribution in [-0.4, -0.2) is 33.9 Å². The lowest BCUT2D eigenvalue weighted by Crippen LogP contribution is -2.41. The van der Waals surface area contributed by atoms with Gasteiger partial charge in [0.15, 0.2) is 9.84 Å². The third kappa shape index (κ3) is 5.03. The van der Waals surface area contributed by atoms with Crippen molar-refractivity contribution in [3.05, 3.63) is 24.3 Å². The summed E-state index contributed by atoms with van der Waals surface area (Å²) in [5.41, 5.74) is -0.497. The molecule has 1 N–H and O–H groups in total. The summed E-state index contributed by atoms with van der Waals surface area (Å²) in [6, 6.07) is 8.66. The third-order valence-corrected chi connectivity index (χ3v) is 4.69. The standard InChI is InChI=1S/C15H22N2O3S/c1-4-15(12-16,17-2)10-5-11-20-13-6-8-14(9-7-13)21(3,18)19/h6-9,17H,4-5,10-11H2,1-3H3. The molecule has 0 aliphatic carbocycles. The number of benzene rings is 1. The van der Waals surface area contributed by atoms with Gasteiger partial charge < -0.3 is 10.1 Å². The highest BCUT2D eigenvalue weighted by atomic mass is 32.2. The molecular formula is C15H22N2O3S. The summed E-state index contributed by atoms with van der Waals surface area (Å²) in [5.74, 6) is 0.630. The van der Waals surface area contributed by atoms with Crippen molar-refractivity contribution in [1.29, 1.82) is 5.26 Å². The Hall–Kier alpha value is -1.58. The second-order valence-corrected chi connectivity index (χ2v) is 7.01. The van der Waals surface area contributed by atoms with Gasteiger partial charge in [0.05, 0.1) is 17.6 Å². The molecule has 0 spiro atoms. The Bertz CT molecular complexity index is 584. The van der Waals surface area contributed by atoms with Crippen molar-refractivity contribution in [1.82, 2.24) is 5.32 Å². The minimum atomic E-state index is -3.17. The molecule has 6 heteroatoms. The van der Waals surface area contributed by atoms with Crippen molar-refractivity contribution in [3.8, 4) is 11.8 Å². The molecule has 1 aromatic rings. The Morgan fingerprint density at radius 3 is 2.38 bits per heavy atom. The van der Waals surface area contributed by atoms with Crippen molar-refractivity contribution in [2.45, 2.75) is 36.6 Å². The Kier molecular flexibility index (Phi) is 6.19. The van der Waals surface area contributed by atoms with Crippen LogP contribution < -0.4 is 10.1 Å². The molecule has 0 saturated carbocycles. The van der Waals surface area contributed by atoms with Crippen LogP contribution in [0.25, 0.3) is 0 Å². The maximum atomic E-state index is 11.3. The van der Waals surface area contributed by atoms with Gasteiger partial charge in [-0.25, -0.2) is 8.42 Å². The molecule has 1 unspecified atom stereocenters. The van der Waals surface area contributed by atoms with Crippen molar-refractivity contribution in [2.24, 2.45) is 0 Å². The molecule has 0 radical (unpaired) electrons. The van der Waals surface area contributed by atoms with Gasteiger partial charge in [-0.2, -0.15) is 5.26 Å². The fourth-order valence-corrected chi connectivity index (χ4v) is 2.65. The second kappa shape index (κ2) is 7.43. The van der Waals surface area contributed by atoms with E-state index in [9.17, 15) is 13.7 Å². The lowest BCUT2D eigenvalue weighted by atomic mass is 9.92. The lowest BCUT2D eigenvalue weighted by Gasteiger charge is -2.24. The first kappa shape index (κ1) is 17.5. The minimum absolute atomic E-state index is 0.277. The van der Waals surface area contributed by atoms with E-state index in [1.807, 2.05) is 6.92 Å². The molecule has 1 rings (SSSR count). The van der Waals surface area contributed by atoms with Gasteiger partial charge in [-0.05, 0) is 50.6 Å². The molecule has 21 heavy (non-hydrogen) atoms. The first-order chi connectivity index (χ1) is 9.87. The third-order valence-electron chi connectivity index (χ3n) is 3.56. The molecule has 0 saturated heterocycles. The van der Waals surface area contributed by atoms with Gasteiger partial charge in [0.25, 0.3) is 0 Å². The largest absolute Gasteiger partial charge is 0.494 e. The zero-order valence-corrected chi connectivity index (χ0v) is 13.5. The van der Waals surface area contributed by atoms with E-state index in [1.165, 1.54) is 18.4 Å². The van der Waals surface area contributed by atoms with E-state index in [0.717, 1.165) is 12.8 Å². The topological polar surface area (TPSA) is 79.2 Å². The van der Waals surface area contributed by atoms with Crippen LogP contribution in [-0.2, 0) is 9.84 Å². The minimum Gasteiger partial charge on any atom is -0.494 e. The fraction of sp³-hybridized carbons (Fsp3) is 0.533. The van der Waals surface area contributed by atoms with Crippen molar-refractivity contribution in [2.75, 3.05) is 19.9 Å². The van der Waals surface area contributed by atoms with E-state index in [1.54, 1.807) is 19.2 Å². The van der Waals surface area contributed by atoms with Gasteiger partial charge >= 0.3 is 0 Å². The van der Waals surface area contributed by atoms with Crippen LogP contribution in [0.1, 0.15) is 26.2 Å². The molecule has 116 valence electrons. The van der Waals surface area contributed by atoms with E-state index in [0.29, 0.717) is 18.8 Å². The van der Waals surface area contributed by atoms with Crippen LogP contribution in [0.3, 0.4) is 0 Å². The molecular weight excluding hydrogens is 288 g/mol. The number of hydrogen-bond donors (Lipinski definition) is 1. The Morgan fingerprint density at radius 2 is 1.95 bits per heavy atom. The van der Waals surface area contributed by atoms with Crippen molar-refractivity contribution in [3.63, 3.8) is 0 Å². The SMILES string of the molecule is CCC(C#N)(CCCOc1ccc(S(C)(=O)=O)cc1)NC. The zero-order chi connectivity index (χ0) is 15.9. The van der Waals surface area contributed by atoms with Crippen molar-refractivity contribution < 1.29 is 13.2 Å². The summed E-state index contributed by atoms with van der Waals surface area (Å²) < 4.78 is 28.2. The highest BCUT2D eigenvalue weighted by molar-refractivity contribution is 7.90. The van der Waals surface area contributed by atoms with Crippen LogP contribution in [0.2, 0.25) is 0 Å². The quantitative estimate of drug-likeness (QED) is 0.744. The number of nitrogens with one attached hydrogen (secondary N) is 1. The van der Waals surface area contributed by atoms with Crippen LogP contribution in [0.4, 0.5) is 0 Å². The summed E-state index contributed by atoms with van der Waals surface area (Å²) in [6.45, 7) is 2.47. The van der Waals surface area contributed by atoms with E-state index in [-0.39, 0.29) is 4.90 Å². The summed E-state index contributed by atoms with van der Waals surface area (Å²) in [7, 11) is -1.38. The molecule has 0 aliphatic heterocycles. The smallest absolute Gasteiger partial charge is 0.175 e. The fourth-order valence-electron chi connectivity index (χ4n) is 2.02. The van der Waals surface area contributed by atoms with Gasteiger partial charge in [0.2, 0.25) is 0 Å². The molecule has 0 amide bonds. The normalized spacial score (nSPS) is 14.2. The summed E-state index contributed by atoms with van der Waals surface area (Å²) in [4.78, 5) is 0.277. The summed E-state index contributed by atoms with van der Waals surface area (Å²) in [6.07, 6.45) is 3.36. The number of nitriles is 1. The van der Waals surface area contributed by atoms with Crippen LogP contribution in [0.5, 0.6) is 5.75 Å². The van der Waals surface area contributed by atoms with Crippen LogP contribution in [0, 0.1) is 11.3 Å². The Morgan fingerprint density at radius 1 is 1.33 bits per heavy atom. The van der Waals surface area contributed by atoms with E-state index in [2.05, 4.69) is 11.4 Å². The molecule has 1 aromatic carbocycles. The van der Waals surface area contributed by atoms with Gasteiger partial charge in [-0.15, -0.1) is 0 Å². The van der Waals surface area contributed by atoms with E-state index >= 15 is 0 Å². The summed E-state index contributed by atoms with van der Waals surface area (Å²) in [5, 5.41) is 12.2. The van der Waals surface area contributed by atoms with Crippen LogP contribution in [0.15, 0.2) is 29.2 Å². The predicted octanol–water partition coefficient (Wildman–Crippen LogP) is 2.14. The van der Waals surface area contributed by atoms with Gasteiger partial charge in [-0.1, -0.05) is 6.92 Å². The number of rotatable bonds is 8. The first-order valence-electron chi connectivity index (χ1n) is 6.90. The highest BCUT2D eigenvalue weighted by Gasteiger charge is 2.24. The average molecular weight is 310 g/mol. The van der Waals surface area contributed by atoms with Gasteiger partial charge in [-0.3, -0.25) is 0 Å². The maximum Gasteiger partial charge on any atom is 0.175 e. The molecule has 1 atom stereocenters. The number of nitrogens with zero attached hydrogens (tertiary/aromatic N) is 1. The molecule has 0 heterocycles. The van der Waals surface area contributed by atoms with Gasteiger partial charge in [0, 0.05) is 6.26 Å². The Labute approximate surface area is 126 Å². The van der Waals surface area contributed by atoms with E-state index < -0.39 is 15.4 Å².